The Morgan fingerprint density at radius 1 is 1.44 bits per heavy atom. The number of nitrogens with zero attached hydrogens (tertiary/aromatic N) is 3. The number of para-hydroxylation sites is 1. The molecule has 0 aliphatic rings. The molecule has 1 heterocycles. The van der Waals surface area contributed by atoms with E-state index in [0.29, 0.717) is 5.69 Å². The number of carboxylic acid groups (broad SMARTS) is 1. The molecule has 1 aromatic heterocycles. The fraction of sp³-hybridized carbons (Fsp3) is 0. The van der Waals surface area contributed by atoms with Crippen LogP contribution in [0.25, 0.3) is 5.69 Å². The molecule has 2 rings (SSSR count). The molecular formula is C9H7BrN4O2. The molecule has 0 atom stereocenters. The lowest BCUT2D eigenvalue weighted by atomic mass is 10.3. The van der Waals surface area contributed by atoms with Crippen LogP contribution in [0, 0.1) is 0 Å². The van der Waals surface area contributed by atoms with Crippen molar-refractivity contribution in [3.63, 3.8) is 0 Å². The van der Waals surface area contributed by atoms with Gasteiger partial charge in [0.2, 0.25) is 5.95 Å². The summed E-state index contributed by atoms with van der Waals surface area (Å²) in [5, 5.41) is 12.5. The highest BCUT2D eigenvalue weighted by atomic mass is 79.9. The van der Waals surface area contributed by atoms with Crippen LogP contribution in [0.2, 0.25) is 0 Å². The second-order valence-corrected chi connectivity index (χ2v) is 3.82. The number of carboxylic acids is 1. The fourth-order valence-corrected chi connectivity index (χ4v) is 1.67. The van der Waals surface area contributed by atoms with Crippen LogP contribution in [0.1, 0.15) is 10.6 Å². The quantitative estimate of drug-likeness (QED) is 0.866. The van der Waals surface area contributed by atoms with Crippen LogP contribution < -0.4 is 5.73 Å². The number of hydrogen-bond donors (Lipinski definition) is 2. The molecule has 0 fully saturated rings. The summed E-state index contributed by atoms with van der Waals surface area (Å²) < 4.78 is 2.02. The van der Waals surface area contributed by atoms with E-state index in [2.05, 4.69) is 26.0 Å². The highest BCUT2D eigenvalue weighted by Gasteiger charge is 2.15. The maximum atomic E-state index is 10.7. The molecule has 0 unspecified atom stereocenters. The van der Waals surface area contributed by atoms with Gasteiger partial charge in [0.1, 0.15) is 0 Å². The third-order valence-corrected chi connectivity index (χ3v) is 2.57. The Hall–Kier alpha value is -1.89. The van der Waals surface area contributed by atoms with Gasteiger partial charge in [-0.2, -0.15) is 9.67 Å². The van der Waals surface area contributed by atoms with E-state index >= 15 is 0 Å². The third kappa shape index (κ3) is 1.76. The number of hydrogen-bond acceptors (Lipinski definition) is 4. The standard InChI is InChI=1S/C9H7BrN4O2/c10-5-3-1-2-4-6(5)14-9(11)12-7(13-14)8(15)16/h1-4H,(H,15,16)(H2,11,12,13). The van der Waals surface area contributed by atoms with Crippen molar-refractivity contribution in [2.75, 3.05) is 5.73 Å². The van der Waals surface area contributed by atoms with Crippen LogP contribution in [0.15, 0.2) is 28.7 Å². The maximum Gasteiger partial charge on any atom is 0.375 e. The van der Waals surface area contributed by atoms with Gasteiger partial charge < -0.3 is 10.8 Å². The van der Waals surface area contributed by atoms with Crippen molar-refractivity contribution in [1.29, 1.82) is 0 Å². The molecule has 0 spiro atoms. The van der Waals surface area contributed by atoms with E-state index < -0.39 is 5.97 Å². The Morgan fingerprint density at radius 2 is 2.12 bits per heavy atom. The average Bonchev–Trinajstić information content (AvgIpc) is 2.61. The second-order valence-electron chi connectivity index (χ2n) is 2.96. The van der Waals surface area contributed by atoms with Gasteiger partial charge in [-0.3, -0.25) is 0 Å². The molecule has 0 saturated carbocycles. The molecule has 7 heteroatoms. The lowest BCUT2D eigenvalue weighted by Gasteiger charge is -2.03. The molecular weight excluding hydrogens is 276 g/mol. The summed E-state index contributed by atoms with van der Waals surface area (Å²) in [6.07, 6.45) is 0. The molecule has 16 heavy (non-hydrogen) atoms. The van der Waals surface area contributed by atoms with E-state index in [1.807, 2.05) is 6.07 Å². The zero-order valence-corrected chi connectivity index (χ0v) is 9.55. The Kier molecular flexibility index (Phi) is 2.61. The van der Waals surface area contributed by atoms with Gasteiger partial charge in [-0.25, -0.2) is 4.79 Å². The lowest BCUT2D eigenvalue weighted by molar-refractivity contribution is 0.0683. The molecule has 0 bridgehead atoms. The van der Waals surface area contributed by atoms with Gasteiger partial charge in [0.15, 0.2) is 0 Å². The van der Waals surface area contributed by atoms with Crippen molar-refractivity contribution in [3.8, 4) is 5.69 Å². The highest BCUT2D eigenvalue weighted by molar-refractivity contribution is 9.10. The fourth-order valence-electron chi connectivity index (χ4n) is 1.22. The van der Waals surface area contributed by atoms with Gasteiger partial charge >= 0.3 is 5.97 Å². The predicted octanol–water partition coefficient (Wildman–Crippen LogP) is 1.31. The molecule has 0 radical (unpaired) electrons. The van der Waals surface area contributed by atoms with Gasteiger partial charge in [0, 0.05) is 4.47 Å². The Bertz CT molecular complexity index is 552. The minimum Gasteiger partial charge on any atom is -0.475 e. The SMILES string of the molecule is Nc1nc(C(=O)O)nn1-c1ccccc1Br. The minimum absolute atomic E-state index is 0.0318. The van der Waals surface area contributed by atoms with Crippen molar-refractivity contribution < 1.29 is 9.90 Å². The van der Waals surface area contributed by atoms with Crippen molar-refractivity contribution in [2.24, 2.45) is 0 Å². The summed E-state index contributed by atoms with van der Waals surface area (Å²) in [4.78, 5) is 14.3. The summed E-state index contributed by atoms with van der Waals surface area (Å²) in [5.74, 6) is -1.50. The molecule has 0 amide bonds. The predicted molar refractivity (Wildman–Crippen MR) is 60.4 cm³/mol. The first kappa shape index (κ1) is 10.6. The lowest BCUT2D eigenvalue weighted by Crippen LogP contribution is -2.04. The monoisotopic (exact) mass is 282 g/mol. The normalized spacial score (nSPS) is 10.3. The number of aromatic carboxylic acids is 1. The second kappa shape index (κ2) is 3.93. The molecule has 3 N–H and O–H groups in total. The van der Waals surface area contributed by atoms with Crippen molar-refractivity contribution >= 4 is 27.8 Å². The number of carbonyl (C=O) groups is 1. The zero-order chi connectivity index (χ0) is 11.7. The summed E-state index contributed by atoms with van der Waals surface area (Å²) in [6.45, 7) is 0. The Morgan fingerprint density at radius 3 is 2.69 bits per heavy atom. The van der Waals surface area contributed by atoms with E-state index in [1.54, 1.807) is 18.2 Å². The number of nitrogens with two attached hydrogens (primary N) is 1. The number of halogens is 1. The molecule has 0 aliphatic heterocycles. The molecule has 0 saturated heterocycles. The van der Waals surface area contributed by atoms with Gasteiger partial charge in [0.05, 0.1) is 5.69 Å². The van der Waals surface area contributed by atoms with Crippen LogP contribution in [0.4, 0.5) is 5.95 Å². The third-order valence-electron chi connectivity index (χ3n) is 1.90. The van der Waals surface area contributed by atoms with Crippen LogP contribution in [0.3, 0.4) is 0 Å². The van der Waals surface area contributed by atoms with Crippen molar-refractivity contribution in [1.82, 2.24) is 14.8 Å². The van der Waals surface area contributed by atoms with E-state index in [-0.39, 0.29) is 11.8 Å². The van der Waals surface area contributed by atoms with Crippen molar-refractivity contribution in [3.05, 3.63) is 34.6 Å². The van der Waals surface area contributed by atoms with E-state index in [0.717, 1.165) is 4.47 Å². The van der Waals surface area contributed by atoms with Crippen LogP contribution in [0.5, 0.6) is 0 Å². The number of anilines is 1. The number of rotatable bonds is 2. The van der Waals surface area contributed by atoms with Gasteiger partial charge in [-0.15, -0.1) is 5.10 Å². The molecule has 6 nitrogen and oxygen atoms in total. The topological polar surface area (TPSA) is 94.0 Å². The molecule has 82 valence electrons. The maximum absolute atomic E-state index is 10.7. The molecule has 1 aromatic carbocycles. The first-order chi connectivity index (χ1) is 7.59. The van der Waals surface area contributed by atoms with Crippen molar-refractivity contribution in [2.45, 2.75) is 0 Å². The highest BCUT2D eigenvalue weighted by Crippen LogP contribution is 2.21. The van der Waals surface area contributed by atoms with E-state index in [4.69, 9.17) is 10.8 Å². The summed E-state index contributed by atoms with van der Waals surface area (Å²) in [6, 6.07) is 7.18. The van der Waals surface area contributed by atoms with Crippen LogP contribution in [-0.4, -0.2) is 25.8 Å². The Labute approximate surface area is 98.8 Å². The summed E-state index contributed by atoms with van der Waals surface area (Å²) >= 11 is 3.32. The minimum atomic E-state index is -1.21. The van der Waals surface area contributed by atoms with E-state index in [9.17, 15) is 4.79 Å². The van der Waals surface area contributed by atoms with Gasteiger partial charge in [-0.05, 0) is 28.1 Å². The molecule has 2 aromatic rings. The Balaban J connectivity index is 2.57. The number of aromatic nitrogens is 3. The van der Waals surface area contributed by atoms with Crippen LogP contribution in [-0.2, 0) is 0 Å². The van der Waals surface area contributed by atoms with Gasteiger partial charge in [0.25, 0.3) is 5.82 Å². The van der Waals surface area contributed by atoms with Crippen LogP contribution >= 0.6 is 15.9 Å². The van der Waals surface area contributed by atoms with Gasteiger partial charge in [-0.1, -0.05) is 12.1 Å². The number of benzene rings is 1. The first-order valence-corrected chi connectivity index (χ1v) is 5.09. The average molecular weight is 283 g/mol. The number of nitrogen functional groups attached to an aromatic ring is 1. The van der Waals surface area contributed by atoms with E-state index in [1.165, 1.54) is 4.68 Å². The zero-order valence-electron chi connectivity index (χ0n) is 7.96. The summed E-state index contributed by atoms with van der Waals surface area (Å²) in [7, 11) is 0. The smallest absolute Gasteiger partial charge is 0.375 e. The first-order valence-electron chi connectivity index (χ1n) is 4.30. The largest absolute Gasteiger partial charge is 0.475 e. The molecule has 0 aliphatic carbocycles. The summed E-state index contributed by atoms with van der Waals surface area (Å²) in [5.41, 5.74) is 6.22.